The molecular weight excluding hydrogens is 200 g/mol. The molecule has 5 heteroatoms. The molecule has 0 bridgehead atoms. The minimum absolute atomic E-state index is 0.265. The molecule has 1 heterocycles. The second-order valence-electron chi connectivity index (χ2n) is 4.16. The third-order valence-electron chi connectivity index (χ3n) is 3.13. The minimum atomic E-state index is -3.14. The first-order valence-electron chi connectivity index (χ1n) is 5.46. The van der Waals surface area contributed by atoms with Crippen LogP contribution < -0.4 is 4.72 Å². The van der Waals surface area contributed by atoms with Crippen LogP contribution in [0.25, 0.3) is 0 Å². The van der Waals surface area contributed by atoms with E-state index in [4.69, 9.17) is 0 Å². The van der Waals surface area contributed by atoms with Gasteiger partial charge in [-0.15, -0.1) is 0 Å². The largest absolute Gasteiger partial charge is 0.279 e. The Kier molecular flexibility index (Phi) is 3.09. The molecule has 0 radical (unpaired) electrons. The van der Waals surface area contributed by atoms with E-state index in [9.17, 15) is 8.42 Å². The molecule has 0 aromatic rings. The van der Waals surface area contributed by atoms with Crippen LogP contribution in [-0.4, -0.2) is 31.9 Å². The van der Waals surface area contributed by atoms with Gasteiger partial charge in [0.1, 0.15) is 0 Å². The fourth-order valence-corrected chi connectivity index (χ4v) is 3.93. The Morgan fingerprint density at radius 1 is 1.07 bits per heavy atom. The molecule has 0 aromatic heterocycles. The molecule has 0 amide bonds. The predicted octanol–water partition coefficient (Wildman–Crippen LogP) is 0.859. The van der Waals surface area contributed by atoms with E-state index in [1.54, 1.807) is 4.31 Å². The van der Waals surface area contributed by atoms with Gasteiger partial charge >= 0.3 is 0 Å². The van der Waals surface area contributed by atoms with E-state index < -0.39 is 10.2 Å². The number of nitrogens with one attached hydrogen (secondary N) is 1. The zero-order valence-corrected chi connectivity index (χ0v) is 9.22. The van der Waals surface area contributed by atoms with Crippen molar-refractivity contribution in [1.82, 2.24) is 9.03 Å². The molecule has 0 spiro atoms. The highest BCUT2D eigenvalue weighted by Gasteiger charge is 2.32. The number of hydrogen-bond acceptors (Lipinski definition) is 2. The summed E-state index contributed by atoms with van der Waals surface area (Å²) in [5.41, 5.74) is 0. The van der Waals surface area contributed by atoms with Crippen molar-refractivity contribution in [2.75, 3.05) is 13.1 Å². The molecule has 0 unspecified atom stereocenters. The van der Waals surface area contributed by atoms with Crippen molar-refractivity contribution in [2.24, 2.45) is 0 Å². The van der Waals surface area contributed by atoms with E-state index in [0.717, 1.165) is 19.3 Å². The number of nitrogens with zero attached hydrogens (tertiary/aromatic N) is 1. The first-order chi connectivity index (χ1) is 6.70. The molecular formula is C9H18N2O2S. The summed E-state index contributed by atoms with van der Waals surface area (Å²) in [5.74, 6) is 0. The van der Waals surface area contributed by atoms with Gasteiger partial charge in [-0.25, -0.2) is 4.72 Å². The first kappa shape index (κ1) is 10.4. The summed E-state index contributed by atoms with van der Waals surface area (Å²) in [4.78, 5) is 0. The van der Waals surface area contributed by atoms with E-state index in [1.165, 1.54) is 19.3 Å². The topological polar surface area (TPSA) is 49.4 Å². The molecule has 0 atom stereocenters. The van der Waals surface area contributed by atoms with E-state index >= 15 is 0 Å². The van der Waals surface area contributed by atoms with Gasteiger partial charge in [0.05, 0.1) is 0 Å². The summed E-state index contributed by atoms with van der Waals surface area (Å²) in [6, 6.07) is 0.265. The van der Waals surface area contributed by atoms with Gasteiger partial charge in [-0.3, -0.25) is 0 Å². The zero-order chi connectivity index (χ0) is 10.0. The predicted molar refractivity (Wildman–Crippen MR) is 55.1 cm³/mol. The van der Waals surface area contributed by atoms with Crippen LogP contribution in [0.4, 0.5) is 0 Å². The van der Waals surface area contributed by atoms with Gasteiger partial charge in [0, 0.05) is 19.1 Å². The summed E-state index contributed by atoms with van der Waals surface area (Å²) < 4.78 is 27.7. The van der Waals surface area contributed by atoms with Gasteiger partial charge < -0.3 is 0 Å². The summed E-state index contributed by atoms with van der Waals surface area (Å²) in [7, 11) is -3.14. The van der Waals surface area contributed by atoms with Crippen LogP contribution in [0.2, 0.25) is 0 Å². The molecule has 1 saturated carbocycles. The van der Waals surface area contributed by atoms with Crippen molar-refractivity contribution >= 4 is 10.2 Å². The SMILES string of the molecule is O=S1(=O)NCCCN1C1CCCCC1. The van der Waals surface area contributed by atoms with Crippen LogP contribution in [0.1, 0.15) is 38.5 Å². The van der Waals surface area contributed by atoms with Gasteiger partial charge in [0.2, 0.25) is 0 Å². The van der Waals surface area contributed by atoms with Gasteiger partial charge in [0.25, 0.3) is 10.2 Å². The Bertz CT molecular complexity index is 283. The summed E-state index contributed by atoms with van der Waals surface area (Å²) in [6.45, 7) is 1.31. The zero-order valence-electron chi connectivity index (χ0n) is 8.41. The van der Waals surface area contributed by atoms with Gasteiger partial charge in [-0.05, 0) is 19.3 Å². The van der Waals surface area contributed by atoms with Crippen molar-refractivity contribution in [3.05, 3.63) is 0 Å². The fraction of sp³-hybridized carbons (Fsp3) is 1.00. The average molecular weight is 218 g/mol. The third-order valence-corrected chi connectivity index (χ3v) is 4.80. The van der Waals surface area contributed by atoms with Crippen molar-refractivity contribution in [2.45, 2.75) is 44.6 Å². The molecule has 1 saturated heterocycles. The standard InChI is InChI=1S/C9H18N2O2S/c12-14(13)10-7-4-8-11(14)9-5-2-1-3-6-9/h9-10H,1-8H2. The van der Waals surface area contributed by atoms with Crippen molar-refractivity contribution < 1.29 is 8.42 Å². The van der Waals surface area contributed by atoms with Crippen LogP contribution in [-0.2, 0) is 10.2 Å². The quantitative estimate of drug-likeness (QED) is 0.709. The van der Waals surface area contributed by atoms with Gasteiger partial charge in [-0.2, -0.15) is 12.7 Å². The summed E-state index contributed by atoms with van der Waals surface area (Å²) in [5, 5.41) is 0. The first-order valence-corrected chi connectivity index (χ1v) is 6.90. The van der Waals surface area contributed by atoms with E-state index in [2.05, 4.69) is 4.72 Å². The summed E-state index contributed by atoms with van der Waals surface area (Å²) >= 11 is 0. The highest BCUT2D eigenvalue weighted by molar-refractivity contribution is 7.87. The number of hydrogen-bond donors (Lipinski definition) is 1. The lowest BCUT2D eigenvalue weighted by Gasteiger charge is -2.35. The molecule has 14 heavy (non-hydrogen) atoms. The highest BCUT2D eigenvalue weighted by Crippen LogP contribution is 2.25. The third kappa shape index (κ3) is 2.10. The smallest absolute Gasteiger partial charge is 0.202 e. The molecule has 1 N–H and O–H groups in total. The molecule has 1 aliphatic heterocycles. The second kappa shape index (κ2) is 4.16. The maximum atomic E-state index is 11.7. The molecule has 2 fully saturated rings. The Labute approximate surface area is 85.9 Å². The highest BCUT2D eigenvalue weighted by atomic mass is 32.2. The van der Waals surface area contributed by atoms with Crippen LogP contribution in [0.5, 0.6) is 0 Å². The Hall–Kier alpha value is -0.130. The molecule has 0 aromatic carbocycles. The molecule has 2 aliphatic rings. The lowest BCUT2D eigenvalue weighted by atomic mass is 9.95. The van der Waals surface area contributed by atoms with Crippen molar-refractivity contribution in [3.63, 3.8) is 0 Å². The van der Waals surface area contributed by atoms with Crippen LogP contribution in [0.3, 0.4) is 0 Å². The van der Waals surface area contributed by atoms with E-state index in [-0.39, 0.29) is 6.04 Å². The minimum Gasteiger partial charge on any atom is -0.202 e. The second-order valence-corrected chi connectivity index (χ2v) is 5.86. The Morgan fingerprint density at radius 3 is 2.43 bits per heavy atom. The van der Waals surface area contributed by atoms with Crippen molar-refractivity contribution in [1.29, 1.82) is 0 Å². The fourth-order valence-electron chi connectivity index (χ4n) is 2.39. The van der Waals surface area contributed by atoms with Crippen molar-refractivity contribution in [3.8, 4) is 0 Å². The Balaban J connectivity index is 2.07. The van der Waals surface area contributed by atoms with E-state index in [0.29, 0.717) is 13.1 Å². The molecule has 1 aliphatic carbocycles. The van der Waals surface area contributed by atoms with Crippen LogP contribution in [0.15, 0.2) is 0 Å². The van der Waals surface area contributed by atoms with Crippen LogP contribution in [0, 0.1) is 0 Å². The van der Waals surface area contributed by atoms with E-state index in [1.807, 2.05) is 0 Å². The lowest BCUT2D eigenvalue weighted by Crippen LogP contribution is -2.51. The Morgan fingerprint density at radius 2 is 1.79 bits per heavy atom. The maximum absolute atomic E-state index is 11.7. The normalized spacial score (nSPS) is 30.3. The lowest BCUT2D eigenvalue weighted by molar-refractivity contribution is 0.239. The average Bonchev–Trinajstić information content (AvgIpc) is 2.18. The van der Waals surface area contributed by atoms with Crippen LogP contribution >= 0.6 is 0 Å². The summed E-state index contributed by atoms with van der Waals surface area (Å²) in [6.07, 6.45) is 6.64. The molecule has 4 nitrogen and oxygen atoms in total. The number of rotatable bonds is 1. The monoisotopic (exact) mass is 218 g/mol. The molecule has 2 rings (SSSR count). The molecule has 82 valence electrons. The maximum Gasteiger partial charge on any atom is 0.279 e. The van der Waals surface area contributed by atoms with Gasteiger partial charge in [-0.1, -0.05) is 19.3 Å². The van der Waals surface area contributed by atoms with Gasteiger partial charge in [0.15, 0.2) is 0 Å².